The summed E-state index contributed by atoms with van der Waals surface area (Å²) in [4.78, 5) is 4.09. The van der Waals surface area contributed by atoms with Gasteiger partial charge in [0.2, 0.25) is 0 Å². The molecule has 0 bridgehead atoms. The van der Waals surface area contributed by atoms with E-state index in [4.69, 9.17) is 9.84 Å². The molecular formula is C18H17FN4O. The quantitative estimate of drug-likeness (QED) is 0.805. The summed E-state index contributed by atoms with van der Waals surface area (Å²) in [7, 11) is 1.46. The Morgan fingerprint density at radius 1 is 1.17 bits per heavy atom. The van der Waals surface area contributed by atoms with Gasteiger partial charge in [-0.3, -0.25) is 9.67 Å². The van der Waals surface area contributed by atoms with Crippen LogP contribution in [0.3, 0.4) is 0 Å². The zero-order valence-corrected chi connectivity index (χ0v) is 13.3. The van der Waals surface area contributed by atoms with Gasteiger partial charge >= 0.3 is 0 Å². The molecule has 122 valence electrons. The van der Waals surface area contributed by atoms with Crippen molar-refractivity contribution in [1.29, 1.82) is 0 Å². The summed E-state index contributed by atoms with van der Waals surface area (Å²) >= 11 is 0. The van der Waals surface area contributed by atoms with Gasteiger partial charge < -0.3 is 10.1 Å². The molecule has 0 saturated carbocycles. The summed E-state index contributed by atoms with van der Waals surface area (Å²) in [5, 5.41) is 8.12. The third-order valence-electron chi connectivity index (χ3n) is 4.24. The minimum absolute atomic E-state index is 0.231. The first-order valence-corrected chi connectivity index (χ1v) is 7.82. The third kappa shape index (κ3) is 2.45. The zero-order chi connectivity index (χ0) is 16.5. The largest absolute Gasteiger partial charge is 0.494 e. The predicted octanol–water partition coefficient (Wildman–Crippen LogP) is 2.86. The molecule has 0 fully saturated rings. The van der Waals surface area contributed by atoms with Crippen molar-refractivity contribution in [3.05, 3.63) is 54.2 Å². The fourth-order valence-electron chi connectivity index (χ4n) is 3.09. The number of nitrogens with one attached hydrogen (secondary N) is 1. The van der Waals surface area contributed by atoms with E-state index in [2.05, 4.69) is 10.3 Å². The summed E-state index contributed by atoms with van der Waals surface area (Å²) in [6.45, 7) is 2.41. The molecule has 0 radical (unpaired) electrons. The second kappa shape index (κ2) is 6.05. The first-order valence-electron chi connectivity index (χ1n) is 7.82. The minimum atomic E-state index is -0.389. The van der Waals surface area contributed by atoms with Crippen LogP contribution in [0.15, 0.2) is 42.7 Å². The molecule has 0 unspecified atom stereocenters. The third-order valence-corrected chi connectivity index (χ3v) is 4.24. The Morgan fingerprint density at radius 3 is 2.75 bits per heavy atom. The molecule has 6 heteroatoms. The maximum atomic E-state index is 14.2. The van der Waals surface area contributed by atoms with Gasteiger partial charge in [0.15, 0.2) is 11.6 Å². The SMILES string of the molecule is COc1ccc(-c2nn3c(c2-c2ccncc2)CNCC3)cc1F. The van der Waals surface area contributed by atoms with Gasteiger partial charge in [-0.05, 0) is 35.9 Å². The smallest absolute Gasteiger partial charge is 0.165 e. The lowest BCUT2D eigenvalue weighted by molar-refractivity contribution is 0.386. The van der Waals surface area contributed by atoms with Crippen LogP contribution in [0, 0.1) is 5.82 Å². The highest BCUT2D eigenvalue weighted by Gasteiger charge is 2.23. The number of rotatable bonds is 3. The Kier molecular flexibility index (Phi) is 3.74. The van der Waals surface area contributed by atoms with Crippen molar-refractivity contribution in [2.45, 2.75) is 13.1 Å². The highest BCUT2D eigenvalue weighted by Crippen LogP contribution is 2.36. The van der Waals surface area contributed by atoms with Crippen LogP contribution in [0.1, 0.15) is 5.69 Å². The van der Waals surface area contributed by atoms with Crippen molar-refractivity contribution in [2.75, 3.05) is 13.7 Å². The lowest BCUT2D eigenvalue weighted by atomic mass is 9.99. The van der Waals surface area contributed by atoms with Gasteiger partial charge in [0.25, 0.3) is 0 Å². The number of methoxy groups -OCH3 is 1. The molecule has 3 aromatic rings. The molecule has 0 atom stereocenters. The van der Waals surface area contributed by atoms with E-state index in [1.165, 1.54) is 13.2 Å². The Bertz CT molecular complexity index is 876. The number of ether oxygens (including phenoxy) is 1. The summed E-state index contributed by atoms with van der Waals surface area (Å²) in [5.74, 6) is -0.158. The molecule has 2 aromatic heterocycles. The Hall–Kier alpha value is -2.73. The molecule has 1 N–H and O–H groups in total. The lowest BCUT2D eigenvalue weighted by Crippen LogP contribution is -2.28. The van der Waals surface area contributed by atoms with Gasteiger partial charge in [0, 0.05) is 36.6 Å². The number of benzene rings is 1. The van der Waals surface area contributed by atoms with Gasteiger partial charge in [-0.25, -0.2) is 4.39 Å². The van der Waals surface area contributed by atoms with Crippen molar-refractivity contribution in [2.24, 2.45) is 0 Å². The zero-order valence-electron chi connectivity index (χ0n) is 13.3. The van der Waals surface area contributed by atoms with Crippen LogP contribution in [0.5, 0.6) is 5.75 Å². The highest BCUT2D eigenvalue weighted by atomic mass is 19.1. The average Bonchev–Trinajstić information content (AvgIpc) is 3.02. The second-order valence-corrected chi connectivity index (χ2v) is 5.66. The maximum Gasteiger partial charge on any atom is 0.165 e. The predicted molar refractivity (Wildman–Crippen MR) is 89.1 cm³/mol. The van der Waals surface area contributed by atoms with E-state index in [0.717, 1.165) is 47.7 Å². The number of fused-ring (bicyclic) bond motifs is 1. The van der Waals surface area contributed by atoms with E-state index in [9.17, 15) is 4.39 Å². The van der Waals surface area contributed by atoms with E-state index >= 15 is 0 Å². The lowest BCUT2D eigenvalue weighted by Gasteiger charge is -2.16. The summed E-state index contributed by atoms with van der Waals surface area (Å²) in [5.41, 5.74) is 4.68. The van der Waals surface area contributed by atoms with Crippen LogP contribution in [0.25, 0.3) is 22.4 Å². The number of halogens is 1. The van der Waals surface area contributed by atoms with Crippen LogP contribution < -0.4 is 10.1 Å². The number of nitrogens with zero attached hydrogens (tertiary/aromatic N) is 3. The molecule has 1 aliphatic rings. The van der Waals surface area contributed by atoms with E-state index in [1.54, 1.807) is 18.5 Å². The van der Waals surface area contributed by atoms with Gasteiger partial charge in [-0.2, -0.15) is 5.10 Å². The van der Waals surface area contributed by atoms with Crippen molar-refractivity contribution < 1.29 is 9.13 Å². The van der Waals surface area contributed by atoms with E-state index in [-0.39, 0.29) is 11.6 Å². The van der Waals surface area contributed by atoms with E-state index in [1.807, 2.05) is 22.9 Å². The first-order chi connectivity index (χ1) is 11.8. The molecule has 0 aliphatic carbocycles. The molecule has 24 heavy (non-hydrogen) atoms. The first kappa shape index (κ1) is 14.8. The topological polar surface area (TPSA) is 52.0 Å². The van der Waals surface area contributed by atoms with Crippen molar-refractivity contribution >= 4 is 0 Å². The number of pyridine rings is 1. The van der Waals surface area contributed by atoms with Crippen LogP contribution >= 0.6 is 0 Å². The van der Waals surface area contributed by atoms with Gasteiger partial charge in [0.05, 0.1) is 19.3 Å². The van der Waals surface area contributed by atoms with E-state index in [0.29, 0.717) is 0 Å². The molecule has 0 spiro atoms. The van der Waals surface area contributed by atoms with Crippen LogP contribution in [-0.2, 0) is 13.1 Å². The minimum Gasteiger partial charge on any atom is -0.494 e. The molecular weight excluding hydrogens is 307 g/mol. The monoisotopic (exact) mass is 324 g/mol. The summed E-state index contributed by atoms with van der Waals surface area (Å²) in [6, 6.07) is 8.86. The fourth-order valence-corrected chi connectivity index (χ4v) is 3.09. The van der Waals surface area contributed by atoms with Crippen molar-refractivity contribution in [3.8, 4) is 28.1 Å². The summed E-state index contributed by atoms with van der Waals surface area (Å²) < 4.78 is 21.2. The molecule has 1 aromatic carbocycles. The summed E-state index contributed by atoms with van der Waals surface area (Å²) in [6.07, 6.45) is 3.52. The van der Waals surface area contributed by atoms with Gasteiger partial charge in [-0.1, -0.05) is 0 Å². The van der Waals surface area contributed by atoms with Crippen LogP contribution in [-0.4, -0.2) is 28.4 Å². The Balaban J connectivity index is 1.92. The molecule has 4 rings (SSSR count). The van der Waals surface area contributed by atoms with Gasteiger partial charge in [0.1, 0.15) is 5.69 Å². The Morgan fingerprint density at radius 2 is 2.00 bits per heavy atom. The Labute approximate surface area is 139 Å². The van der Waals surface area contributed by atoms with Gasteiger partial charge in [-0.15, -0.1) is 0 Å². The van der Waals surface area contributed by atoms with Crippen LogP contribution in [0.4, 0.5) is 4.39 Å². The normalized spacial score (nSPS) is 13.6. The number of hydrogen-bond donors (Lipinski definition) is 1. The number of aromatic nitrogens is 3. The highest BCUT2D eigenvalue weighted by molar-refractivity contribution is 5.83. The van der Waals surface area contributed by atoms with Crippen molar-refractivity contribution in [3.63, 3.8) is 0 Å². The molecule has 0 amide bonds. The standard InChI is InChI=1S/C18H17FN4O/c1-24-16-3-2-13(10-14(16)19)18-17(12-4-6-20-7-5-12)15-11-21-8-9-23(15)22-18/h2-7,10,21H,8-9,11H2,1H3. The number of hydrogen-bond acceptors (Lipinski definition) is 4. The van der Waals surface area contributed by atoms with Crippen LogP contribution in [0.2, 0.25) is 0 Å². The van der Waals surface area contributed by atoms with Crippen molar-refractivity contribution in [1.82, 2.24) is 20.1 Å². The second-order valence-electron chi connectivity index (χ2n) is 5.66. The maximum absolute atomic E-state index is 14.2. The average molecular weight is 324 g/mol. The molecule has 5 nitrogen and oxygen atoms in total. The van der Waals surface area contributed by atoms with E-state index < -0.39 is 0 Å². The fraction of sp³-hybridized carbons (Fsp3) is 0.222. The molecule has 0 saturated heterocycles. The molecule has 1 aliphatic heterocycles. The molecule has 3 heterocycles.